The van der Waals surface area contributed by atoms with E-state index in [1.165, 1.54) is 6.20 Å². The van der Waals surface area contributed by atoms with E-state index in [-0.39, 0.29) is 6.61 Å². The number of rotatable bonds is 7. The summed E-state index contributed by atoms with van der Waals surface area (Å²) in [6.45, 7) is 7.31. The molecule has 1 amide bonds. The van der Waals surface area contributed by atoms with E-state index in [1.54, 1.807) is 31.4 Å². The number of pyridine rings is 1. The number of allylic oxidation sites excluding steroid dienone is 1. The Balaban J connectivity index is 1.75. The molecule has 168 valence electrons. The van der Waals surface area contributed by atoms with Gasteiger partial charge < -0.3 is 15.4 Å². The number of aliphatic imine (C=N–C) groups is 1. The lowest BCUT2D eigenvalue weighted by Crippen LogP contribution is -2.25. The molecule has 33 heavy (non-hydrogen) atoms. The van der Waals surface area contributed by atoms with Crippen molar-refractivity contribution >= 4 is 47.7 Å². The molecule has 0 saturated heterocycles. The Labute approximate surface area is 191 Å². The maximum Gasteiger partial charge on any atom is 0.397 e. The minimum Gasteiger partial charge on any atom is -0.454 e. The first-order valence-corrected chi connectivity index (χ1v) is 10.1. The number of amides is 1. The van der Waals surface area contributed by atoms with Gasteiger partial charge in [-0.3, -0.25) is 9.78 Å². The maximum atomic E-state index is 12.3. The molecule has 0 aliphatic heterocycles. The summed E-state index contributed by atoms with van der Waals surface area (Å²) in [5, 5.41) is 5.39. The van der Waals surface area contributed by atoms with Crippen molar-refractivity contribution in [3.05, 3.63) is 71.2 Å². The predicted molar refractivity (Wildman–Crippen MR) is 128 cm³/mol. The van der Waals surface area contributed by atoms with Crippen molar-refractivity contribution in [2.45, 2.75) is 20.5 Å². The molecular weight excluding hydrogens is 420 g/mol. The quantitative estimate of drug-likeness (QED) is 0.323. The van der Waals surface area contributed by atoms with Gasteiger partial charge in [-0.15, -0.1) is 0 Å². The second-order valence-electron chi connectivity index (χ2n) is 7.08. The highest BCUT2D eigenvalue weighted by Crippen LogP contribution is 2.26. The van der Waals surface area contributed by atoms with Crippen molar-refractivity contribution in [3.63, 3.8) is 0 Å². The predicted octanol–water partition coefficient (Wildman–Crippen LogP) is 3.80. The van der Waals surface area contributed by atoms with Crippen LogP contribution in [0.15, 0.2) is 53.8 Å². The Morgan fingerprint density at radius 1 is 1.18 bits per heavy atom. The Bertz CT molecular complexity index is 1210. The zero-order valence-electron chi connectivity index (χ0n) is 18.6. The number of benzene rings is 1. The molecular formula is C24H24N6O3. The lowest BCUT2D eigenvalue weighted by molar-refractivity contribution is -0.153. The van der Waals surface area contributed by atoms with Crippen LogP contribution in [-0.4, -0.2) is 40.6 Å². The Morgan fingerprint density at radius 3 is 2.64 bits per heavy atom. The number of aryl methyl sites for hydroxylation is 1. The van der Waals surface area contributed by atoms with Crippen LogP contribution >= 0.6 is 0 Å². The number of carbonyl (C=O) groups is 2. The molecule has 2 N–H and O–H groups in total. The van der Waals surface area contributed by atoms with Crippen LogP contribution in [0.3, 0.4) is 0 Å². The third-order valence-electron chi connectivity index (χ3n) is 4.71. The summed E-state index contributed by atoms with van der Waals surface area (Å²) >= 11 is 0. The van der Waals surface area contributed by atoms with Gasteiger partial charge in [-0.25, -0.2) is 14.8 Å². The van der Waals surface area contributed by atoms with Crippen molar-refractivity contribution in [1.29, 1.82) is 0 Å². The van der Waals surface area contributed by atoms with Crippen molar-refractivity contribution in [3.8, 4) is 0 Å². The monoisotopic (exact) mass is 444 g/mol. The number of hydrogen-bond acceptors (Lipinski definition) is 8. The highest BCUT2D eigenvalue weighted by molar-refractivity contribution is 6.37. The zero-order chi connectivity index (χ0) is 23.8. The summed E-state index contributed by atoms with van der Waals surface area (Å²) in [6.07, 6.45) is 4.98. The van der Waals surface area contributed by atoms with Gasteiger partial charge in [-0.05, 0) is 43.8 Å². The molecule has 0 bridgehead atoms. The summed E-state index contributed by atoms with van der Waals surface area (Å²) in [4.78, 5) is 41.1. The normalized spacial score (nSPS) is 10.9. The largest absolute Gasteiger partial charge is 0.454 e. The molecule has 0 saturated carbocycles. The molecule has 3 aromatic rings. The fourth-order valence-electron chi connectivity index (χ4n) is 3.01. The smallest absolute Gasteiger partial charge is 0.397 e. The molecule has 0 radical (unpaired) electrons. The van der Waals surface area contributed by atoms with Gasteiger partial charge in [0.1, 0.15) is 6.61 Å². The third kappa shape index (κ3) is 6.07. The van der Waals surface area contributed by atoms with Gasteiger partial charge in [0, 0.05) is 30.1 Å². The molecule has 0 aliphatic rings. The number of hydrogen-bond donors (Lipinski definition) is 2. The average Bonchev–Trinajstić information content (AvgIpc) is 2.84. The number of nitrogens with one attached hydrogen (secondary N) is 2. The first-order chi connectivity index (χ1) is 15.9. The van der Waals surface area contributed by atoms with Crippen LogP contribution in [0.25, 0.3) is 11.6 Å². The van der Waals surface area contributed by atoms with Crippen LogP contribution < -0.4 is 10.6 Å². The fraction of sp³-hybridized carbons (Fsp3) is 0.167. The van der Waals surface area contributed by atoms with E-state index in [9.17, 15) is 9.59 Å². The van der Waals surface area contributed by atoms with E-state index < -0.39 is 11.9 Å². The van der Waals surface area contributed by atoms with Crippen LogP contribution in [0.2, 0.25) is 0 Å². The molecule has 0 aliphatic carbocycles. The van der Waals surface area contributed by atoms with Crippen LogP contribution in [-0.2, 0) is 20.9 Å². The van der Waals surface area contributed by atoms with E-state index in [0.717, 1.165) is 22.4 Å². The van der Waals surface area contributed by atoms with Gasteiger partial charge in [0.05, 0.1) is 11.9 Å². The van der Waals surface area contributed by atoms with E-state index >= 15 is 0 Å². The maximum absolute atomic E-state index is 12.3. The Hall–Kier alpha value is -4.40. The van der Waals surface area contributed by atoms with Crippen LogP contribution in [0, 0.1) is 6.92 Å². The highest BCUT2D eigenvalue weighted by atomic mass is 16.5. The van der Waals surface area contributed by atoms with Crippen molar-refractivity contribution in [2.75, 3.05) is 17.7 Å². The van der Waals surface area contributed by atoms with Gasteiger partial charge in [0.25, 0.3) is 0 Å². The fourth-order valence-corrected chi connectivity index (χ4v) is 3.01. The minimum atomic E-state index is -0.975. The standard InChI is InChI=1S/C24H24N6O3/c1-15(10-18-12-28-24(26-4)30-21(18)25-3)20-11-19(13-27-16(20)2)29-22(31)23(32)33-14-17-8-6-5-7-9-17/h5-13H,3,14H2,1-2,4H3,(H,29,31)(H,26,28,30)/b15-10+. The van der Waals surface area contributed by atoms with Crippen molar-refractivity contribution in [1.82, 2.24) is 15.0 Å². The summed E-state index contributed by atoms with van der Waals surface area (Å²) in [6, 6.07) is 10.9. The lowest BCUT2D eigenvalue weighted by atomic mass is 10.0. The Kier molecular flexibility index (Phi) is 7.59. The number of carbonyl (C=O) groups excluding carboxylic acids is 2. The van der Waals surface area contributed by atoms with Crippen LogP contribution in [0.1, 0.15) is 29.3 Å². The highest BCUT2D eigenvalue weighted by Gasteiger charge is 2.17. The first-order valence-electron chi connectivity index (χ1n) is 10.1. The molecule has 9 heteroatoms. The SMILES string of the molecule is C=Nc1nc(NC)ncc1/C=C(\C)c1cc(NC(=O)C(=O)OCc2ccccc2)cnc1C. The molecule has 0 spiro atoms. The number of anilines is 2. The second kappa shape index (κ2) is 10.8. The topological polar surface area (TPSA) is 118 Å². The molecule has 1 aromatic carbocycles. The van der Waals surface area contributed by atoms with Gasteiger partial charge in [0.2, 0.25) is 5.95 Å². The van der Waals surface area contributed by atoms with Gasteiger partial charge in [0.15, 0.2) is 5.82 Å². The molecule has 0 atom stereocenters. The van der Waals surface area contributed by atoms with Gasteiger partial charge >= 0.3 is 11.9 Å². The molecule has 0 unspecified atom stereocenters. The lowest BCUT2D eigenvalue weighted by Gasteiger charge is -2.11. The number of esters is 1. The van der Waals surface area contributed by atoms with E-state index in [0.29, 0.717) is 23.0 Å². The second-order valence-corrected chi connectivity index (χ2v) is 7.08. The minimum absolute atomic E-state index is 0.0143. The number of nitrogens with zero attached hydrogens (tertiary/aromatic N) is 4. The number of ether oxygens (including phenoxy) is 1. The van der Waals surface area contributed by atoms with Crippen molar-refractivity contribution in [2.24, 2.45) is 4.99 Å². The molecule has 2 heterocycles. The van der Waals surface area contributed by atoms with E-state index in [4.69, 9.17) is 4.74 Å². The van der Waals surface area contributed by atoms with E-state index in [1.807, 2.05) is 38.1 Å². The summed E-state index contributed by atoms with van der Waals surface area (Å²) in [5.74, 6) is -0.978. The van der Waals surface area contributed by atoms with Crippen molar-refractivity contribution < 1.29 is 14.3 Å². The molecule has 9 nitrogen and oxygen atoms in total. The summed E-state index contributed by atoms with van der Waals surface area (Å²) < 4.78 is 5.07. The summed E-state index contributed by atoms with van der Waals surface area (Å²) in [5.41, 5.74) is 4.20. The molecule has 3 rings (SSSR count). The van der Waals surface area contributed by atoms with Gasteiger partial charge in [-0.2, -0.15) is 4.98 Å². The van der Waals surface area contributed by atoms with E-state index in [2.05, 4.69) is 37.3 Å². The van der Waals surface area contributed by atoms with Crippen LogP contribution in [0.5, 0.6) is 0 Å². The molecule has 0 fully saturated rings. The zero-order valence-corrected chi connectivity index (χ0v) is 18.6. The first kappa shape index (κ1) is 23.3. The van der Waals surface area contributed by atoms with Crippen LogP contribution in [0.4, 0.5) is 17.5 Å². The molecule has 2 aromatic heterocycles. The Morgan fingerprint density at radius 2 is 1.94 bits per heavy atom. The van der Waals surface area contributed by atoms with Gasteiger partial charge in [-0.1, -0.05) is 30.3 Å². The third-order valence-corrected chi connectivity index (χ3v) is 4.71. The number of aromatic nitrogens is 3. The summed E-state index contributed by atoms with van der Waals surface area (Å²) in [7, 11) is 1.72. The average molecular weight is 444 g/mol.